The minimum atomic E-state index is -0.125. The molecule has 2 heterocycles. The van der Waals surface area contributed by atoms with Gasteiger partial charge in [0.1, 0.15) is 0 Å². The monoisotopic (exact) mass is 747 g/mol. The first-order valence-corrected chi connectivity index (χ1v) is 14.5. The fourth-order valence-corrected chi connectivity index (χ4v) is 5.95. The number of nitrogens with zero attached hydrogens (tertiary/aromatic N) is 1. The first-order valence-electron chi connectivity index (χ1n) is 13.7. The van der Waals surface area contributed by atoms with E-state index in [2.05, 4.69) is 117 Å². The van der Waals surface area contributed by atoms with E-state index in [9.17, 15) is 4.79 Å². The normalized spacial score (nSPS) is 11.2. The minimum Gasteiger partial charge on any atom is -0.512 e. The molecule has 0 aliphatic carbocycles. The number of aliphatic hydroxyl groups is 1. The van der Waals surface area contributed by atoms with Gasteiger partial charge in [-0.25, -0.2) is 0 Å². The average Bonchev–Trinajstić information content (AvgIpc) is 3.41. The maximum Gasteiger partial charge on any atom is 0.155 e. The maximum atomic E-state index is 10.0. The van der Waals surface area contributed by atoms with Crippen molar-refractivity contribution >= 4 is 38.0 Å². The van der Waals surface area contributed by atoms with Crippen LogP contribution in [0.15, 0.2) is 115 Å². The van der Waals surface area contributed by atoms with Crippen LogP contribution in [0.2, 0.25) is 0 Å². The van der Waals surface area contributed by atoms with E-state index in [1.165, 1.54) is 63.2 Å². The standard InChI is InChI=1S/C32H24NS.C5H8O2.Ir/c1-21(2)24-13-14-27-25(17-24)15-16-33-32(27)26-18-28(22-9-5-3-6-10-22)29-20-30(34-31(29)19-26)23-11-7-4-8-12-23;1-4(6)3-5(2)7;/h3-18,20-21H,1-2H3;3,6H,1-2H3;/q-1;;/b;4-3-;. The number of pyridine rings is 1. The summed E-state index contributed by atoms with van der Waals surface area (Å²) in [4.78, 5) is 16.1. The van der Waals surface area contributed by atoms with E-state index in [4.69, 9.17) is 10.1 Å². The summed E-state index contributed by atoms with van der Waals surface area (Å²) in [6, 6.07) is 38.4. The Hall–Kier alpha value is -3.89. The molecular formula is C37H32IrNO2S-. The van der Waals surface area contributed by atoms with Gasteiger partial charge in [0, 0.05) is 37.3 Å². The molecular weight excluding hydrogens is 715 g/mol. The van der Waals surface area contributed by atoms with Crippen LogP contribution in [-0.2, 0) is 24.9 Å². The molecule has 1 radical (unpaired) electrons. The Balaban J connectivity index is 0.000000454. The topological polar surface area (TPSA) is 50.2 Å². The predicted molar refractivity (Wildman–Crippen MR) is 173 cm³/mol. The van der Waals surface area contributed by atoms with Crippen molar-refractivity contribution in [3.63, 3.8) is 0 Å². The second kappa shape index (κ2) is 13.8. The van der Waals surface area contributed by atoms with Crippen molar-refractivity contribution in [2.75, 3.05) is 0 Å². The van der Waals surface area contributed by atoms with Gasteiger partial charge in [-0.15, -0.1) is 17.7 Å². The average molecular weight is 747 g/mol. The first kappa shape index (κ1) is 31.1. The zero-order valence-electron chi connectivity index (χ0n) is 24.0. The smallest absolute Gasteiger partial charge is 0.155 e. The summed E-state index contributed by atoms with van der Waals surface area (Å²) >= 11 is 1.80. The van der Waals surface area contributed by atoms with Crippen LogP contribution in [0.3, 0.4) is 0 Å². The van der Waals surface area contributed by atoms with Gasteiger partial charge in [-0.3, -0.25) is 4.79 Å². The quantitative estimate of drug-likeness (QED) is 0.109. The molecule has 5 heteroatoms. The summed E-state index contributed by atoms with van der Waals surface area (Å²) in [5.74, 6) is 0.434. The second-order valence-electron chi connectivity index (χ2n) is 10.4. The Kier molecular flexibility index (Phi) is 10.2. The Bertz CT molecular complexity index is 1850. The van der Waals surface area contributed by atoms with Gasteiger partial charge in [-0.05, 0) is 63.7 Å². The van der Waals surface area contributed by atoms with Gasteiger partial charge < -0.3 is 10.1 Å². The van der Waals surface area contributed by atoms with E-state index in [0.717, 1.165) is 16.0 Å². The summed E-state index contributed by atoms with van der Waals surface area (Å²) in [6.45, 7) is 7.32. The molecule has 2 aromatic heterocycles. The molecule has 0 fully saturated rings. The van der Waals surface area contributed by atoms with Crippen molar-refractivity contribution in [1.29, 1.82) is 0 Å². The third-order valence-corrected chi connectivity index (χ3v) is 7.92. The number of hydrogen-bond donors (Lipinski definition) is 1. The molecule has 0 atom stereocenters. The molecule has 213 valence electrons. The SMILES string of the molecule is CC(=O)/C=C(/C)O.CC(C)c1ccc2c(-c3[c-]c4sc(-c5ccccc5)cc4c(-c4ccccc4)c3)nccc2c1.[Ir]. The zero-order chi connectivity index (χ0) is 28.9. The molecule has 0 saturated heterocycles. The van der Waals surface area contributed by atoms with Crippen LogP contribution in [0.4, 0.5) is 0 Å². The van der Waals surface area contributed by atoms with Gasteiger partial charge in [0.25, 0.3) is 0 Å². The van der Waals surface area contributed by atoms with Crippen LogP contribution in [0.5, 0.6) is 0 Å². The molecule has 0 amide bonds. The van der Waals surface area contributed by atoms with Crippen molar-refractivity contribution in [2.24, 2.45) is 0 Å². The van der Waals surface area contributed by atoms with E-state index in [0.29, 0.717) is 5.92 Å². The van der Waals surface area contributed by atoms with Crippen LogP contribution in [0.25, 0.3) is 53.7 Å². The molecule has 4 aromatic carbocycles. The number of rotatable bonds is 5. The zero-order valence-corrected chi connectivity index (χ0v) is 27.2. The molecule has 1 N–H and O–H groups in total. The van der Waals surface area contributed by atoms with Gasteiger partial charge in [0.05, 0.1) is 5.76 Å². The number of carbonyl (C=O) groups is 1. The molecule has 42 heavy (non-hydrogen) atoms. The Morgan fingerprint density at radius 2 is 1.52 bits per heavy atom. The fraction of sp³-hybridized carbons (Fsp3) is 0.135. The Labute approximate surface area is 264 Å². The van der Waals surface area contributed by atoms with E-state index in [1.807, 2.05) is 6.20 Å². The molecule has 0 aliphatic rings. The minimum absolute atomic E-state index is 0. The van der Waals surface area contributed by atoms with Gasteiger partial charge in [-0.2, -0.15) is 11.3 Å². The molecule has 0 spiro atoms. The van der Waals surface area contributed by atoms with E-state index in [1.54, 1.807) is 11.3 Å². The Morgan fingerprint density at radius 3 is 2.12 bits per heavy atom. The van der Waals surface area contributed by atoms with Crippen molar-refractivity contribution in [2.45, 2.75) is 33.6 Å². The van der Waals surface area contributed by atoms with Crippen molar-refractivity contribution < 1.29 is 30.0 Å². The number of allylic oxidation sites excluding steroid dienone is 2. The van der Waals surface area contributed by atoms with Crippen LogP contribution < -0.4 is 0 Å². The summed E-state index contributed by atoms with van der Waals surface area (Å²) in [7, 11) is 0. The molecule has 0 bridgehead atoms. The van der Waals surface area contributed by atoms with Crippen molar-refractivity contribution in [3.05, 3.63) is 127 Å². The van der Waals surface area contributed by atoms with Crippen LogP contribution in [0, 0.1) is 6.07 Å². The number of aromatic nitrogens is 1. The molecule has 3 nitrogen and oxygen atoms in total. The summed E-state index contributed by atoms with van der Waals surface area (Å²) < 4.78 is 1.16. The van der Waals surface area contributed by atoms with E-state index < -0.39 is 0 Å². The van der Waals surface area contributed by atoms with Gasteiger partial charge in [0.15, 0.2) is 5.78 Å². The van der Waals surface area contributed by atoms with Crippen molar-refractivity contribution in [3.8, 4) is 32.8 Å². The van der Waals surface area contributed by atoms with Gasteiger partial charge in [-0.1, -0.05) is 110 Å². The third-order valence-electron chi connectivity index (χ3n) is 6.82. The number of aliphatic hydroxyl groups excluding tert-OH is 1. The number of benzene rings is 4. The van der Waals surface area contributed by atoms with Crippen LogP contribution >= 0.6 is 11.3 Å². The number of thiophene rings is 1. The number of hydrogen-bond acceptors (Lipinski definition) is 4. The predicted octanol–water partition coefficient (Wildman–Crippen LogP) is 10.4. The first-order chi connectivity index (χ1) is 19.8. The molecule has 0 aliphatic heterocycles. The summed E-state index contributed by atoms with van der Waals surface area (Å²) in [5, 5.41) is 12.0. The van der Waals surface area contributed by atoms with Crippen LogP contribution in [-0.4, -0.2) is 15.9 Å². The summed E-state index contributed by atoms with van der Waals surface area (Å²) in [5.41, 5.74) is 7.04. The van der Waals surface area contributed by atoms with Gasteiger partial charge >= 0.3 is 0 Å². The molecule has 6 aromatic rings. The molecule has 0 unspecified atom stereocenters. The second-order valence-corrected chi connectivity index (χ2v) is 11.4. The number of carbonyl (C=O) groups excluding carboxylic acids is 1. The number of ketones is 1. The number of fused-ring (bicyclic) bond motifs is 2. The molecule has 0 saturated carbocycles. The largest absolute Gasteiger partial charge is 0.512 e. The van der Waals surface area contributed by atoms with Crippen LogP contribution in [0.1, 0.15) is 39.2 Å². The van der Waals surface area contributed by atoms with E-state index in [-0.39, 0.29) is 31.6 Å². The Morgan fingerprint density at radius 1 is 0.857 bits per heavy atom. The maximum absolute atomic E-state index is 10.0. The summed E-state index contributed by atoms with van der Waals surface area (Å²) in [6.07, 6.45) is 3.09. The van der Waals surface area contributed by atoms with Gasteiger partial charge in [0.2, 0.25) is 0 Å². The van der Waals surface area contributed by atoms with E-state index >= 15 is 0 Å². The third kappa shape index (κ3) is 7.11. The fourth-order valence-electron chi connectivity index (χ4n) is 4.86. The molecule has 6 rings (SSSR count). The van der Waals surface area contributed by atoms with Crippen molar-refractivity contribution in [1.82, 2.24) is 4.98 Å².